The van der Waals surface area contributed by atoms with E-state index in [0.29, 0.717) is 22.3 Å². The number of carbonyl (C=O) groups is 1. The lowest BCUT2D eigenvalue weighted by Crippen LogP contribution is -2.21. The average molecular weight is 359 g/mol. The smallest absolute Gasteiger partial charge is 0.355 e. The Morgan fingerprint density at radius 2 is 1.73 bits per heavy atom. The Morgan fingerprint density at radius 3 is 2.35 bits per heavy atom. The van der Waals surface area contributed by atoms with Gasteiger partial charge in [-0.2, -0.15) is 13.2 Å². The number of alkyl halides is 3. The molecule has 0 saturated carbocycles. The van der Waals surface area contributed by atoms with Crippen molar-refractivity contribution in [2.45, 2.75) is 6.18 Å². The highest BCUT2D eigenvalue weighted by molar-refractivity contribution is 5.95. The van der Waals surface area contributed by atoms with Crippen molar-refractivity contribution in [1.29, 1.82) is 0 Å². The molecule has 26 heavy (non-hydrogen) atoms. The van der Waals surface area contributed by atoms with E-state index in [4.69, 9.17) is 0 Å². The van der Waals surface area contributed by atoms with Crippen molar-refractivity contribution >= 4 is 28.2 Å². The lowest BCUT2D eigenvalue weighted by molar-refractivity contribution is -0.137. The summed E-state index contributed by atoms with van der Waals surface area (Å²) >= 11 is 0. The van der Waals surface area contributed by atoms with Gasteiger partial charge < -0.3 is 10.2 Å². The molecule has 7 heteroatoms. The lowest BCUT2D eigenvalue weighted by Gasteiger charge is -2.13. The molecular formula is C19H16F3N3O. The summed E-state index contributed by atoms with van der Waals surface area (Å²) in [4.78, 5) is 17.4. The molecule has 1 heterocycles. The Bertz CT molecular complexity index is 950. The van der Waals surface area contributed by atoms with E-state index in [9.17, 15) is 18.0 Å². The second-order valence-electron chi connectivity index (χ2n) is 5.99. The van der Waals surface area contributed by atoms with Gasteiger partial charge >= 0.3 is 6.18 Å². The van der Waals surface area contributed by atoms with Crippen molar-refractivity contribution in [3.05, 3.63) is 65.9 Å². The number of anilines is 2. The number of amides is 1. The molecule has 0 unspecified atom stereocenters. The topological polar surface area (TPSA) is 45.2 Å². The normalized spacial score (nSPS) is 11.4. The van der Waals surface area contributed by atoms with E-state index in [1.165, 1.54) is 17.2 Å². The largest absolute Gasteiger partial charge is 0.416 e. The molecule has 1 N–H and O–H groups in total. The molecule has 2 aromatic carbocycles. The van der Waals surface area contributed by atoms with E-state index in [-0.39, 0.29) is 11.4 Å². The second kappa shape index (κ2) is 6.67. The van der Waals surface area contributed by atoms with E-state index in [2.05, 4.69) is 10.3 Å². The first kappa shape index (κ1) is 17.7. The monoisotopic (exact) mass is 359 g/mol. The fourth-order valence-corrected chi connectivity index (χ4v) is 2.54. The summed E-state index contributed by atoms with van der Waals surface area (Å²) in [7, 11) is 3.35. The van der Waals surface area contributed by atoms with E-state index in [1.807, 2.05) is 0 Å². The molecular weight excluding hydrogens is 343 g/mol. The van der Waals surface area contributed by atoms with Crippen LogP contribution in [0.3, 0.4) is 0 Å². The van der Waals surface area contributed by atoms with E-state index >= 15 is 0 Å². The third-order valence-corrected chi connectivity index (χ3v) is 3.89. The molecule has 3 rings (SSSR count). The lowest BCUT2D eigenvalue weighted by atomic mass is 10.1. The Kier molecular flexibility index (Phi) is 4.54. The molecule has 0 aliphatic carbocycles. The van der Waals surface area contributed by atoms with Crippen LogP contribution in [-0.4, -0.2) is 29.9 Å². The van der Waals surface area contributed by atoms with Crippen molar-refractivity contribution in [2.75, 3.05) is 19.4 Å². The minimum atomic E-state index is -4.41. The van der Waals surface area contributed by atoms with E-state index in [1.54, 1.807) is 44.4 Å². The zero-order chi connectivity index (χ0) is 18.9. The minimum Gasteiger partial charge on any atom is -0.355 e. The molecule has 0 aliphatic heterocycles. The van der Waals surface area contributed by atoms with Gasteiger partial charge in [0, 0.05) is 42.6 Å². The molecule has 134 valence electrons. The molecule has 0 saturated heterocycles. The minimum absolute atomic E-state index is 0.106. The number of carbonyl (C=O) groups excluding carboxylic acids is 1. The highest BCUT2D eigenvalue weighted by Crippen LogP contribution is 2.33. The molecule has 0 radical (unpaired) electrons. The van der Waals surface area contributed by atoms with Gasteiger partial charge in [-0.05, 0) is 42.5 Å². The van der Waals surface area contributed by atoms with Crippen LogP contribution in [0.4, 0.5) is 24.5 Å². The van der Waals surface area contributed by atoms with Gasteiger partial charge in [0.2, 0.25) is 0 Å². The summed E-state index contributed by atoms with van der Waals surface area (Å²) in [5, 5.41) is 3.73. The van der Waals surface area contributed by atoms with Crippen molar-refractivity contribution in [3.63, 3.8) is 0 Å². The maximum Gasteiger partial charge on any atom is 0.416 e. The van der Waals surface area contributed by atoms with Crippen LogP contribution in [0.15, 0.2) is 54.7 Å². The van der Waals surface area contributed by atoms with Crippen LogP contribution in [0.5, 0.6) is 0 Å². The summed E-state index contributed by atoms with van der Waals surface area (Å²) in [6, 6.07) is 12.0. The van der Waals surface area contributed by atoms with Crippen LogP contribution < -0.4 is 5.32 Å². The summed E-state index contributed by atoms with van der Waals surface area (Å²) in [6.07, 6.45) is -2.96. The van der Waals surface area contributed by atoms with Gasteiger partial charge in [-0.15, -0.1) is 0 Å². The highest BCUT2D eigenvalue weighted by atomic mass is 19.4. The number of pyridine rings is 1. The van der Waals surface area contributed by atoms with E-state index < -0.39 is 11.7 Å². The number of fused-ring (bicyclic) bond motifs is 1. The summed E-state index contributed by atoms with van der Waals surface area (Å²) in [5.74, 6) is -0.106. The molecule has 3 aromatic rings. The fraction of sp³-hybridized carbons (Fsp3) is 0.158. The van der Waals surface area contributed by atoms with Crippen LogP contribution in [0.2, 0.25) is 0 Å². The summed E-state index contributed by atoms with van der Waals surface area (Å²) in [5.41, 5.74) is 1.42. The molecule has 0 aliphatic rings. The number of aromatic nitrogens is 1. The number of nitrogens with one attached hydrogen (secondary N) is 1. The molecule has 4 nitrogen and oxygen atoms in total. The number of hydrogen-bond donors (Lipinski definition) is 1. The number of hydrogen-bond acceptors (Lipinski definition) is 3. The van der Waals surface area contributed by atoms with Gasteiger partial charge in [0.1, 0.15) is 0 Å². The molecule has 1 amide bonds. The number of halogens is 3. The first-order valence-electron chi connectivity index (χ1n) is 7.80. The van der Waals surface area contributed by atoms with Gasteiger partial charge in [-0.1, -0.05) is 6.07 Å². The number of nitrogens with zero attached hydrogens (tertiary/aromatic N) is 2. The second-order valence-corrected chi connectivity index (χ2v) is 5.99. The standard InChI is InChI=1S/C19H16F3N3O/c1-25(2)18(26)12-3-6-14(7-4-12)24-16-9-10-23-17-11-13(19(20,21)22)5-8-15(16)17/h3-11H,1-2H3,(H,23,24). The SMILES string of the molecule is CN(C)C(=O)c1ccc(Nc2ccnc3cc(C(F)(F)F)ccc23)cc1. The van der Waals surface area contributed by atoms with Crippen LogP contribution >= 0.6 is 0 Å². The van der Waals surface area contributed by atoms with Crippen LogP contribution in [0.25, 0.3) is 10.9 Å². The molecule has 0 fully saturated rings. The van der Waals surface area contributed by atoms with Gasteiger partial charge in [0.15, 0.2) is 0 Å². The van der Waals surface area contributed by atoms with Crippen molar-refractivity contribution in [1.82, 2.24) is 9.88 Å². The van der Waals surface area contributed by atoms with Crippen LogP contribution in [0.1, 0.15) is 15.9 Å². The Hall–Kier alpha value is -3.09. The quantitative estimate of drug-likeness (QED) is 0.737. The van der Waals surface area contributed by atoms with Gasteiger partial charge in [0.25, 0.3) is 5.91 Å². The molecule has 0 atom stereocenters. The predicted octanol–water partition coefficient (Wildman–Crippen LogP) is 4.70. The van der Waals surface area contributed by atoms with Crippen LogP contribution in [0, 0.1) is 0 Å². The summed E-state index contributed by atoms with van der Waals surface area (Å²) < 4.78 is 38.5. The Balaban J connectivity index is 1.90. The maximum absolute atomic E-state index is 12.8. The number of rotatable bonds is 3. The highest BCUT2D eigenvalue weighted by Gasteiger charge is 2.30. The Morgan fingerprint density at radius 1 is 1.04 bits per heavy atom. The van der Waals surface area contributed by atoms with Gasteiger partial charge in [0.05, 0.1) is 11.1 Å². The number of benzene rings is 2. The molecule has 0 spiro atoms. The predicted molar refractivity (Wildman–Crippen MR) is 94.5 cm³/mol. The third kappa shape index (κ3) is 3.61. The fourth-order valence-electron chi connectivity index (χ4n) is 2.54. The zero-order valence-corrected chi connectivity index (χ0v) is 14.1. The average Bonchev–Trinajstić information content (AvgIpc) is 2.60. The van der Waals surface area contributed by atoms with Gasteiger partial charge in [-0.3, -0.25) is 9.78 Å². The zero-order valence-electron chi connectivity index (χ0n) is 14.1. The Labute approximate surface area is 148 Å². The molecule has 1 aromatic heterocycles. The third-order valence-electron chi connectivity index (χ3n) is 3.89. The van der Waals surface area contributed by atoms with Crippen LogP contribution in [-0.2, 0) is 6.18 Å². The summed E-state index contributed by atoms with van der Waals surface area (Å²) in [6.45, 7) is 0. The van der Waals surface area contributed by atoms with Crippen molar-refractivity contribution < 1.29 is 18.0 Å². The molecule has 0 bridgehead atoms. The van der Waals surface area contributed by atoms with Crippen molar-refractivity contribution in [3.8, 4) is 0 Å². The maximum atomic E-state index is 12.8. The van der Waals surface area contributed by atoms with Gasteiger partial charge in [-0.25, -0.2) is 0 Å². The first-order chi connectivity index (χ1) is 12.3. The first-order valence-corrected chi connectivity index (χ1v) is 7.80. The van der Waals surface area contributed by atoms with Crippen molar-refractivity contribution in [2.24, 2.45) is 0 Å². The van der Waals surface area contributed by atoms with E-state index in [0.717, 1.165) is 12.1 Å².